The maximum Gasteiger partial charge on any atom is 0.123 e. The van der Waals surface area contributed by atoms with Gasteiger partial charge in [0.1, 0.15) is 5.82 Å². The topological polar surface area (TPSA) is 3.24 Å². The molecule has 17 heavy (non-hydrogen) atoms. The lowest BCUT2D eigenvalue weighted by Gasteiger charge is -2.25. The number of piperidine rings is 1. The van der Waals surface area contributed by atoms with Crippen LogP contribution in [0, 0.1) is 5.82 Å². The maximum atomic E-state index is 12.7. The van der Waals surface area contributed by atoms with E-state index in [1.54, 1.807) is 0 Å². The van der Waals surface area contributed by atoms with Gasteiger partial charge in [0, 0.05) is 6.54 Å². The fourth-order valence-corrected chi connectivity index (χ4v) is 2.23. The summed E-state index contributed by atoms with van der Waals surface area (Å²) in [6.45, 7) is 3.66. The Kier molecular flexibility index (Phi) is 4.75. The van der Waals surface area contributed by atoms with Gasteiger partial charge in [0.25, 0.3) is 0 Å². The van der Waals surface area contributed by atoms with Gasteiger partial charge in [0.15, 0.2) is 0 Å². The zero-order valence-corrected chi connectivity index (χ0v) is 10.2. The van der Waals surface area contributed by atoms with Crippen molar-refractivity contribution in [1.82, 2.24) is 4.90 Å². The van der Waals surface area contributed by atoms with Crippen LogP contribution in [0.15, 0.2) is 30.3 Å². The minimum absolute atomic E-state index is 0.171. The molecule has 1 aromatic carbocycles. The van der Waals surface area contributed by atoms with Crippen molar-refractivity contribution in [1.29, 1.82) is 0 Å². The molecule has 0 radical (unpaired) electrons. The highest BCUT2D eigenvalue weighted by molar-refractivity contribution is 5.48. The van der Waals surface area contributed by atoms with Gasteiger partial charge in [-0.1, -0.05) is 30.7 Å². The van der Waals surface area contributed by atoms with Crippen LogP contribution < -0.4 is 0 Å². The maximum absolute atomic E-state index is 12.7. The second kappa shape index (κ2) is 6.55. The molecule has 0 spiro atoms. The Labute approximate surface area is 103 Å². The van der Waals surface area contributed by atoms with Crippen molar-refractivity contribution >= 4 is 6.08 Å². The van der Waals surface area contributed by atoms with Crippen LogP contribution in [-0.2, 0) is 0 Å². The molecule has 1 aliphatic heterocycles. The summed E-state index contributed by atoms with van der Waals surface area (Å²) in [6.07, 6.45) is 9.42. The van der Waals surface area contributed by atoms with E-state index in [4.69, 9.17) is 0 Å². The van der Waals surface area contributed by atoms with Crippen LogP contribution in [0.3, 0.4) is 0 Å². The summed E-state index contributed by atoms with van der Waals surface area (Å²) in [6, 6.07) is 6.63. The number of benzene rings is 1. The van der Waals surface area contributed by atoms with Gasteiger partial charge in [-0.25, -0.2) is 4.39 Å². The molecule has 0 atom stereocenters. The lowest BCUT2D eigenvalue weighted by Crippen LogP contribution is -2.30. The van der Waals surface area contributed by atoms with Crippen LogP contribution >= 0.6 is 0 Å². The van der Waals surface area contributed by atoms with E-state index in [1.165, 1.54) is 44.5 Å². The number of likely N-dealkylation sites (tertiary alicyclic amines) is 1. The van der Waals surface area contributed by atoms with Crippen LogP contribution in [-0.4, -0.2) is 24.5 Å². The Balaban J connectivity index is 1.72. The Morgan fingerprint density at radius 3 is 2.47 bits per heavy atom. The zero-order valence-electron chi connectivity index (χ0n) is 10.2. The van der Waals surface area contributed by atoms with Crippen LogP contribution in [0.2, 0.25) is 0 Å². The van der Waals surface area contributed by atoms with Crippen LogP contribution in [0.4, 0.5) is 4.39 Å². The molecule has 0 saturated carbocycles. The first-order valence-electron chi connectivity index (χ1n) is 6.49. The molecule has 1 heterocycles. The Bertz CT molecular complexity index is 350. The number of halogens is 1. The van der Waals surface area contributed by atoms with Gasteiger partial charge in [0.2, 0.25) is 0 Å². The first-order valence-corrected chi connectivity index (χ1v) is 6.49. The van der Waals surface area contributed by atoms with Crippen molar-refractivity contribution in [2.75, 3.05) is 19.6 Å². The van der Waals surface area contributed by atoms with E-state index in [0.29, 0.717) is 0 Å². The predicted octanol–water partition coefficient (Wildman–Crippen LogP) is 3.71. The average Bonchev–Trinajstić information content (AvgIpc) is 2.38. The monoisotopic (exact) mass is 233 g/mol. The fourth-order valence-electron chi connectivity index (χ4n) is 2.23. The number of hydrogen-bond donors (Lipinski definition) is 0. The summed E-state index contributed by atoms with van der Waals surface area (Å²) < 4.78 is 12.7. The Morgan fingerprint density at radius 2 is 1.76 bits per heavy atom. The van der Waals surface area contributed by atoms with Crippen molar-refractivity contribution in [3.63, 3.8) is 0 Å². The highest BCUT2D eigenvalue weighted by Gasteiger charge is 2.07. The Morgan fingerprint density at radius 1 is 1.06 bits per heavy atom. The molecule has 1 aromatic rings. The minimum atomic E-state index is -0.171. The summed E-state index contributed by atoms with van der Waals surface area (Å²) in [5, 5.41) is 0. The van der Waals surface area contributed by atoms with Crippen molar-refractivity contribution in [3.05, 3.63) is 41.7 Å². The molecule has 0 amide bonds. The van der Waals surface area contributed by atoms with Crippen molar-refractivity contribution < 1.29 is 4.39 Å². The van der Waals surface area contributed by atoms with Gasteiger partial charge < -0.3 is 4.90 Å². The summed E-state index contributed by atoms with van der Waals surface area (Å²) >= 11 is 0. The number of nitrogens with zero attached hydrogens (tertiary/aromatic N) is 1. The molecule has 0 unspecified atom stereocenters. The largest absolute Gasteiger partial charge is 0.303 e. The first-order chi connectivity index (χ1) is 8.34. The zero-order chi connectivity index (χ0) is 11.9. The summed E-state index contributed by atoms with van der Waals surface area (Å²) in [4.78, 5) is 2.53. The second-order valence-corrected chi connectivity index (χ2v) is 4.64. The van der Waals surface area contributed by atoms with Gasteiger partial charge in [-0.2, -0.15) is 0 Å². The number of hydrogen-bond acceptors (Lipinski definition) is 1. The van der Waals surface area contributed by atoms with E-state index >= 15 is 0 Å². The number of rotatable bonds is 4. The van der Waals surface area contributed by atoms with Crippen LogP contribution in [0.1, 0.15) is 31.2 Å². The molecule has 1 fully saturated rings. The molecular formula is C15H20FN. The average molecular weight is 233 g/mol. The highest BCUT2D eigenvalue weighted by Crippen LogP contribution is 2.10. The lowest BCUT2D eigenvalue weighted by molar-refractivity contribution is 0.233. The van der Waals surface area contributed by atoms with E-state index in [9.17, 15) is 4.39 Å². The minimum Gasteiger partial charge on any atom is -0.303 e. The molecule has 0 N–H and O–H groups in total. The standard InChI is InChI=1S/C15H20FN/c16-15-9-7-14(8-10-15)6-2-5-13-17-11-3-1-4-12-17/h2,6-10H,1,3-5,11-13H2. The molecular weight excluding hydrogens is 213 g/mol. The molecule has 0 bridgehead atoms. The second-order valence-electron chi connectivity index (χ2n) is 4.64. The first kappa shape index (κ1) is 12.3. The summed E-state index contributed by atoms with van der Waals surface area (Å²) in [5.74, 6) is -0.171. The third-order valence-corrected chi connectivity index (χ3v) is 3.24. The van der Waals surface area contributed by atoms with Crippen LogP contribution in [0.5, 0.6) is 0 Å². The van der Waals surface area contributed by atoms with Gasteiger partial charge in [-0.3, -0.25) is 0 Å². The van der Waals surface area contributed by atoms with E-state index in [1.807, 2.05) is 12.1 Å². The van der Waals surface area contributed by atoms with E-state index < -0.39 is 0 Å². The molecule has 2 heteroatoms. The van der Waals surface area contributed by atoms with Crippen LogP contribution in [0.25, 0.3) is 6.08 Å². The molecule has 1 nitrogen and oxygen atoms in total. The lowest BCUT2D eigenvalue weighted by atomic mass is 10.1. The third kappa shape index (κ3) is 4.31. The van der Waals surface area contributed by atoms with Crippen molar-refractivity contribution in [3.8, 4) is 0 Å². The highest BCUT2D eigenvalue weighted by atomic mass is 19.1. The normalized spacial score (nSPS) is 17.7. The molecule has 1 saturated heterocycles. The summed E-state index contributed by atoms with van der Waals surface area (Å²) in [5.41, 5.74) is 1.07. The quantitative estimate of drug-likeness (QED) is 0.766. The van der Waals surface area contributed by atoms with E-state index in [0.717, 1.165) is 18.5 Å². The smallest absolute Gasteiger partial charge is 0.123 e. The Hall–Kier alpha value is -1.15. The molecule has 2 rings (SSSR count). The molecule has 1 aliphatic rings. The van der Waals surface area contributed by atoms with Gasteiger partial charge in [-0.05, 0) is 50.0 Å². The molecule has 92 valence electrons. The molecule has 0 aromatic heterocycles. The predicted molar refractivity (Wildman–Crippen MR) is 70.3 cm³/mol. The molecule has 0 aliphatic carbocycles. The van der Waals surface area contributed by atoms with E-state index in [2.05, 4.69) is 17.1 Å². The fraction of sp³-hybridized carbons (Fsp3) is 0.467. The van der Waals surface area contributed by atoms with Gasteiger partial charge in [0.05, 0.1) is 0 Å². The summed E-state index contributed by atoms with van der Waals surface area (Å²) in [7, 11) is 0. The SMILES string of the molecule is Fc1ccc(C=CCCN2CCCCC2)cc1. The van der Waals surface area contributed by atoms with Crippen molar-refractivity contribution in [2.45, 2.75) is 25.7 Å². The van der Waals surface area contributed by atoms with E-state index in [-0.39, 0.29) is 5.82 Å². The van der Waals surface area contributed by atoms with Gasteiger partial charge >= 0.3 is 0 Å². The van der Waals surface area contributed by atoms with Gasteiger partial charge in [-0.15, -0.1) is 0 Å². The third-order valence-electron chi connectivity index (χ3n) is 3.24. The van der Waals surface area contributed by atoms with Crippen molar-refractivity contribution in [2.24, 2.45) is 0 Å².